The number of carbonyl (C=O) groups is 2. The Morgan fingerprint density at radius 1 is 1.12 bits per heavy atom. The molecule has 2 aromatic rings. The Labute approximate surface area is 251 Å². The van der Waals surface area contributed by atoms with Crippen molar-refractivity contribution in [1.82, 2.24) is 10.2 Å². The average Bonchev–Trinajstić information content (AvgIpc) is 3.25. The molecule has 2 fully saturated rings. The largest absolute Gasteiger partial charge is 0.490 e. The molecule has 3 aliphatic heterocycles. The molecule has 6 rings (SSSR count). The second kappa shape index (κ2) is 11.2. The maximum atomic E-state index is 14.4. The highest BCUT2D eigenvalue weighted by Gasteiger charge is 2.62. The van der Waals surface area contributed by atoms with Gasteiger partial charge in [-0.25, -0.2) is 0 Å². The fourth-order valence-electron chi connectivity index (χ4n) is 7.14. The molecule has 2 amide bonds. The van der Waals surface area contributed by atoms with E-state index in [9.17, 15) is 9.59 Å². The SMILES string of the molecule is C#Cc1ccc(OC2CCN(CC)CC2)c([C@@H]2NC(=O)C[C@@H](C3C=CC=C(Cl)C3)[C@]23C(=O)Nc2cc(Cl)ccc23)c1. The van der Waals surface area contributed by atoms with Crippen LogP contribution in [0.3, 0.4) is 0 Å². The van der Waals surface area contributed by atoms with Gasteiger partial charge in [-0.3, -0.25) is 9.59 Å². The normalized spacial score (nSPS) is 28.0. The number of amides is 2. The van der Waals surface area contributed by atoms with Crippen molar-refractivity contribution in [2.24, 2.45) is 11.8 Å². The number of carbonyl (C=O) groups excluding carboxylic acids is 2. The first-order chi connectivity index (χ1) is 19.8. The number of allylic oxidation sites excluding steroid dienone is 4. The first kappa shape index (κ1) is 27.9. The predicted molar refractivity (Wildman–Crippen MR) is 162 cm³/mol. The van der Waals surface area contributed by atoms with Crippen molar-refractivity contribution in [1.29, 1.82) is 0 Å². The molecule has 0 aromatic heterocycles. The highest BCUT2D eigenvalue weighted by Crippen LogP contribution is 2.58. The third-order valence-corrected chi connectivity index (χ3v) is 9.66. The van der Waals surface area contributed by atoms with Crippen LogP contribution in [-0.2, 0) is 15.0 Å². The zero-order valence-electron chi connectivity index (χ0n) is 23.0. The van der Waals surface area contributed by atoms with E-state index in [0.717, 1.165) is 38.0 Å². The van der Waals surface area contributed by atoms with Crippen molar-refractivity contribution >= 4 is 40.7 Å². The number of terminal acetylenes is 1. The number of rotatable bonds is 5. The number of likely N-dealkylation sites (tertiary alicyclic amines) is 1. The number of halogens is 2. The highest BCUT2D eigenvalue weighted by molar-refractivity contribution is 6.31. The minimum absolute atomic E-state index is 0.0213. The molecule has 4 atom stereocenters. The number of fused-ring (bicyclic) bond motifs is 2. The molecule has 1 unspecified atom stereocenters. The van der Waals surface area contributed by atoms with Gasteiger partial charge in [-0.15, -0.1) is 6.42 Å². The van der Waals surface area contributed by atoms with E-state index in [1.165, 1.54) is 0 Å². The lowest BCUT2D eigenvalue weighted by Gasteiger charge is -2.49. The standard InChI is InChI=1S/C33H33Cl2N3O3/c1-3-20-8-11-29(41-24-12-14-38(4-2)15-13-24)25(16-20)31-33(26-10-9-23(35)18-28(26)36-32(33)40)27(19-30(39)37-31)21-6-5-7-22(34)17-21/h1,5-11,16,18,21,24,27,31H,4,12-15,17,19H2,2H3,(H,36,40)(H,37,39)/t21?,27-,31-,33-/m0/s1. The van der Waals surface area contributed by atoms with E-state index in [2.05, 4.69) is 34.5 Å². The maximum Gasteiger partial charge on any atom is 0.237 e. The van der Waals surface area contributed by atoms with Gasteiger partial charge in [-0.2, -0.15) is 0 Å². The van der Waals surface area contributed by atoms with Crippen molar-refractivity contribution in [3.05, 3.63) is 81.4 Å². The molecule has 41 heavy (non-hydrogen) atoms. The Balaban J connectivity index is 1.51. The third-order valence-electron chi connectivity index (χ3n) is 9.15. The number of anilines is 1. The summed E-state index contributed by atoms with van der Waals surface area (Å²) in [5, 5.41) is 7.54. The molecule has 0 bridgehead atoms. The number of hydrogen-bond donors (Lipinski definition) is 2. The Kier molecular flexibility index (Phi) is 7.63. The molecule has 2 N–H and O–H groups in total. The Bertz CT molecular complexity index is 1490. The fraction of sp³-hybridized carbons (Fsp3) is 0.394. The monoisotopic (exact) mass is 589 g/mol. The van der Waals surface area contributed by atoms with Gasteiger partial charge < -0.3 is 20.3 Å². The lowest BCUT2D eigenvalue weighted by Crippen LogP contribution is -2.59. The molecule has 3 heterocycles. The van der Waals surface area contributed by atoms with Gasteiger partial charge in [-0.1, -0.05) is 54.3 Å². The summed E-state index contributed by atoms with van der Waals surface area (Å²) in [7, 11) is 0. The predicted octanol–water partition coefficient (Wildman–Crippen LogP) is 5.95. The van der Waals surface area contributed by atoms with Crippen molar-refractivity contribution in [2.75, 3.05) is 25.0 Å². The first-order valence-corrected chi connectivity index (χ1v) is 15.0. The number of benzene rings is 2. The molecule has 2 saturated heterocycles. The summed E-state index contributed by atoms with van der Waals surface area (Å²) in [6, 6.07) is 10.4. The van der Waals surface area contributed by atoms with Crippen LogP contribution in [-0.4, -0.2) is 42.5 Å². The van der Waals surface area contributed by atoms with Crippen LogP contribution in [0.25, 0.3) is 0 Å². The minimum atomic E-state index is -1.14. The summed E-state index contributed by atoms with van der Waals surface area (Å²) in [6.45, 7) is 5.11. The van der Waals surface area contributed by atoms with Crippen molar-refractivity contribution in [3.63, 3.8) is 0 Å². The van der Waals surface area contributed by atoms with Crippen LogP contribution in [0.15, 0.2) is 59.7 Å². The number of piperidine rings is 2. The zero-order valence-corrected chi connectivity index (χ0v) is 24.5. The third kappa shape index (κ3) is 4.95. The van der Waals surface area contributed by atoms with Crippen molar-refractivity contribution in [3.8, 4) is 18.1 Å². The smallest absolute Gasteiger partial charge is 0.237 e. The van der Waals surface area contributed by atoms with Crippen LogP contribution in [0.4, 0.5) is 5.69 Å². The van der Waals surface area contributed by atoms with E-state index in [-0.39, 0.29) is 36.2 Å². The molecule has 1 spiro atoms. The van der Waals surface area contributed by atoms with Gasteiger partial charge in [0, 0.05) is 46.4 Å². The average molecular weight is 591 g/mol. The second-order valence-electron chi connectivity index (χ2n) is 11.3. The van der Waals surface area contributed by atoms with Crippen molar-refractivity contribution in [2.45, 2.75) is 50.2 Å². The van der Waals surface area contributed by atoms with Crippen LogP contribution >= 0.6 is 23.2 Å². The van der Waals surface area contributed by atoms with Gasteiger partial charge in [0.05, 0.1) is 6.04 Å². The molecule has 0 radical (unpaired) electrons. The number of nitrogens with one attached hydrogen (secondary N) is 2. The van der Waals surface area contributed by atoms with Crippen LogP contribution in [0.2, 0.25) is 5.02 Å². The van der Waals surface area contributed by atoms with E-state index in [0.29, 0.717) is 39.0 Å². The van der Waals surface area contributed by atoms with Gasteiger partial charge in [0.1, 0.15) is 17.3 Å². The quantitative estimate of drug-likeness (QED) is 0.423. The van der Waals surface area contributed by atoms with Crippen molar-refractivity contribution < 1.29 is 14.3 Å². The molecule has 4 aliphatic rings. The van der Waals surface area contributed by atoms with Crippen LogP contribution in [0.5, 0.6) is 5.75 Å². The van der Waals surface area contributed by atoms with Gasteiger partial charge >= 0.3 is 0 Å². The van der Waals surface area contributed by atoms with E-state index in [1.54, 1.807) is 12.1 Å². The molecule has 0 saturated carbocycles. The Hall–Kier alpha value is -3.24. The second-order valence-corrected chi connectivity index (χ2v) is 12.3. The first-order valence-electron chi connectivity index (χ1n) is 14.3. The van der Waals surface area contributed by atoms with Crippen LogP contribution in [0.1, 0.15) is 55.3 Å². The molecule has 212 valence electrons. The summed E-state index contributed by atoms with van der Waals surface area (Å²) in [5.74, 6) is 2.54. The highest BCUT2D eigenvalue weighted by atomic mass is 35.5. The lowest BCUT2D eigenvalue weighted by molar-refractivity contribution is -0.135. The summed E-state index contributed by atoms with van der Waals surface area (Å²) in [4.78, 5) is 30.3. The van der Waals surface area contributed by atoms with Gasteiger partial charge in [-0.05, 0) is 79.6 Å². The number of ether oxygens (including phenoxy) is 1. The maximum absolute atomic E-state index is 14.4. The molecular formula is C33H33Cl2N3O3. The number of nitrogens with zero attached hydrogens (tertiary/aromatic N) is 1. The summed E-state index contributed by atoms with van der Waals surface area (Å²) in [5.41, 5.74) is 1.66. The van der Waals surface area contributed by atoms with E-state index in [4.69, 9.17) is 34.4 Å². The lowest BCUT2D eigenvalue weighted by atomic mass is 9.57. The minimum Gasteiger partial charge on any atom is -0.490 e. The van der Waals surface area contributed by atoms with Gasteiger partial charge in [0.2, 0.25) is 11.8 Å². The zero-order chi connectivity index (χ0) is 28.7. The molecule has 6 nitrogen and oxygen atoms in total. The van der Waals surface area contributed by atoms with Gasteiger partial charge in [0.15, 0.2) is 0 Å². The van der Waals surface area contributed by atoms with Gasteiger partial charge in [0.25, 0.3) is 0 Å². The fourth-order valence-corrected chi connectivity index (χ4v) is 7.56. The van der Waals surface area contributed by atoms with Crippen LogP contribution < -0.4 is 15.4 Å². The van der Waals surface area contributed by atoms with E-state index in [1.807, 2.05) is 36.4 Å². The number of hydrogen-bond acceptors (Lipinski definition) is 4. The Morgan fingerprint density at radius 3 is 2.66 bits per heavy atom. The topological polar surface area (TPSA) is 70.7 Å². The molecular weight excluding hydrogens is 557 g/mol. The molecule has 8 heteroatoms. The Morgan fingerprint density at radius 2 is 1.93 bits per heavy atom. The van der Waals surface area contributed by atoms with Crippen LogP contribution in [0, 0.1) is 24.2 Å². The van der Waals surface area contributed by atoms with E-state index < -0.39 is 11.5 Å². The summed E-state index contributed by atoms with van der Waals surface area (Å²) in [6.07, 6.45) is 14.2. The molecule has 2 aromatic carbocycles. The van der Waals surface area contributed by atoms with E-state index >= 15 is 0 Å². The molecule has 1 aliphatic carbocycles. The summed E-state index contributed by atoms with van der Waals surface area (Å²) >= 11 is 12.9. The summed E-state index contributed by atoms with van der Waals surface area (Å²) < 4.78 is 6.67.